The molecule has 0 aliphatic heterocycles. The van der Waals surface area contributed by atoms with Crippen LogP contribution in [0, 0.1) is 0 Å². The first-order valence-electron chi connectivity index (χ1n) is 21.2. The third kappa shape index (κ3) is 5.96. The van der Waals surface area contributed by atoms with Gasteiger partial charge >= 0.3 is 0 Å². The Labute approximate surface area is 361 Å². The van der Waals surface area contributed by atoms with Gasteiger partial charge in [0.2, 0.25) is 0 Å². The highest BCUT2D eigenvalue weighted by Crippen LogP contribution is 2.58. The van der Waals surface area contributed by atoms with E-state index in [0.29, 0.717) is 0 Å². The van der Waals surface area contributed by atoms with Crippen molar-refractivity contribution in [3.63, 3.8) is 0 Å². The van der Waals surface area contributed by atoms with Crippen LogP contribution in [0.2, 0.25) is 0 Å². The largest absolute Gasteiger partial charge is 0.255 e. The summed E-state index contributed by atoms with van der Waals surface area (Å²) in [5.74, 6) is 0. The van der Waals surface area contributed by atoms with Crippen molar-refractivity contribution in [3.05, 3.63) is 231 Å². The zero-order valence-corrected chi connectivity index (χ0v) is 33.8. The van der Waals surface area contributed by atoms with E-state index in [1.807, 2.05) is 30.5 Å². The van der Waals surface area contributed by atoms with Crippen molar-refractivity contribution in [1.29, 1.82) is 0 Å². The first-order valence-corrected chi connectivity index (χ1v) is 21.2. The van der Waals surface area contributed by atoms with Crippen molar-refractivity contribution < 1.29 is 0 Å². The summed E-state index contributed by atoms with van der Waals surface area (Å²) < 4.78 is 0. The molecule has 1 aliphatic carbocycles. The predicted octanol–water partition coefficient (Wildman–Crippen LogP) is 16.1. The predicted molar refractivity (Wildman–Crippen MR) is 260 cm³/mol. The lowest BCUT2D eigenvalue weighted by molar-refractivity contribution is 1.25. The lowest BCUT2D eigenvalue weighted by atomic mass is 9.82. The number of pyridine rings is 2. The summed E-state index contributed by atoms with van der Waals surface area (Å²) in [6.45, 7) is 0. The average Bonchev–Trinajstić information content (AvgIpc) is 3.69. The fourth-order valence-corrected chi connectivity index (χ4v) is 9.72. The molecular formula is C60H38N2. The van der Waals surface area contributed by atoms with Crippen LogP contribution < -0.4 is 0 Å². The van der Waals surface area contributed by atoms with Crippen molar-refractivity contribution in [3.8, 4) is 101 Å². The summed E-state index contributed by atoms with van der Waals surface area (Å²) >= 11 is 0. The maximum Gasteiger partial charge on any atom is 0.0893 e. The highest BCUT2D eigenvalue weighted by atomic mass is 14.8. The Morgan fingerprint density at radius 3 is 1.39 bits per heavy atom. The number of benzene rings is 9. The molecule has 2 heterocycles. The number of nitrogens with zero attached hydrogens (tertiary/aromatic N) is 2. The highest BCUT2D eigenvalue weighted by Gasteiger charge is 2.31. The normalized spacial score (nSPS) is 11.5. The summed E-state index contributed by atoms with van der Waals surface area (Å²) in [5.41, 5.74) is 20.9. The molecule has 2 heteroatoms. The molecule has 62 heavy (non-hydrogen) atoms. The standard InChI is InChI=1S/C60H38N2/c1-4-17-39(18-5-1)44-36-45(42-23-14-24-43(35-42)53-30-16-31-55(62-53)54-29-12-13-34-61-54)38-46(37-44)47-32-33-52-58-48(47)27-15-28-51(58)59-56(40-19-6-2-7-20-40)49-25-10-11-26-50(49)57(60(52)59)41-21-8-3-9-22-41/h1-38H. The first-order chi connectivity index (χ1) is 30.8. The van der Waals surface area contributed by atoms with Gasteiger partial charge in [-0.25, -0.2) is 4.98 Å². The Kier molecular flexibility index (Phi) is 8.53. The van der Waals surface area contributed by atoms with Crippen LogP contribution in [-0.4, -0.2) is 9.97 Å². The quantitative estimate of drug-likeness (QED) is 0.161. The molecule has 2 aromatic heterocycles. The van der Waals surface area contributed by atoms with E-state index in [-0.39, 0.29) is 0 Å². The van der Waals surface area contributed by atoms with Crippen LogP contribution in [0.1, 0.15) is 0 Å². The lowest BCUT2D eigenvalue weighted by Crippen LogP contribution is -1.93. The Morgan fingerprint density at radius 2 is 0.710 bits per heavy atom. The number of fused-ring (bicyclic) bond motifs is 4. The van der Waals surface area contributed by atoms with E-state index in [0.717, 1.165) is 33.8 Å². The minimum absolute atomic E-state index is 0.857. The molecule has 12 rings (SSSR count). The van der Waals surface area contributed by atoms with E-state index >= 15 is 0 Å². The molecule has 0 saturated carbocycles. The van der Waals surface area contributed by atoms with Gasteiger partial charge in [0, 0.05) is 11.8 Å². The Bertz CT molecular complexity index is 3390. The van der Waals surface area contributed by atoms with E-state index in [2.05, 4.69) is 205 Å². The first kappa shape index (κ1) is 35.7. The molecule has 0 amide bonds. The second-order valence-electron chi connectivity index (χ2n) is 16.0. The van der Waals surface area contributed by atoms with Crippen LogP contribution in [0.15, 0.2) is 231 Å². The minimum atomic E-state index is 0.857. The maximum atomic E-state index is 5.06. The molecular weight excluding hydrogens is 749 g/mol. The van der Waals surface area contributed by atoms with Gasteiger partial charge in [-0.3, -0.25) is 4.98 Å². The molecule has 0 N–H and O–H groups in total. The van der Waals surface area contributed by atoms with Gasteiger partial charge < -0.3 is 0 Å². The van der Waals surface area contributed by atoms with Gasteiger partial charge in [0.25, 0.3) is 0 Å². The molecule has 0 saturated heterocycles. The van der Waals surface area contributed by atoms with Crippen LogP contribution in [-0.2, 0) is 0 Å². The monoisotopic (exact) mass is 786 g/mol. The van der Waals surface area contributed by atoms with Crippen LogP contribution in [0.4, 0.5) is 0 Å². The third-order valence-corrected chi connectivity index (χ3v) is 12.4. The topological polar surface area (TPSA) is 25.8 Å². The van der Waals surface area contributed by atoms with Crippen molar-refractivity contribution in [1.82, 2.24) is 9.97 Å². The van der Waals surface area contributed by atoms with E-state index in [1.165, 1.54) is 88.3 Å². The summed E-state index contributed by atoms with van der Waals surface area (Å²) in [6.07, 6.45) is 1.81. The Morgan fingerprint density at radius 1 is 0.242 bits per heavy atom. The van der Waals surface area contributed by atoms with Crippen LogP contribution in [0.3, 0.4) is 0 Å². The Hall–Kier alpha value is -8.20. The molecule has 11 aromatic rings. The van der Waals surface area contributed by atoms with Gasteiger partial charge in [0.1, 0.15) is 0 Å². The van der Waals surface area contributed by atoms with E-state index in [4.69, 9.17) is 4.98 Å². The minimum Gasteiger partial charge on any atom is -0.255 e. The summed E-state index contributed by atoms with van der Waals surface area (Å²) in [6, 6.07) is 81.2. The zero-order chi connectivity index (χ0) is 41.0. The zero-order valence-electron chi connectivity index (χ0n) is 33.8. The number of hydrogen-bond acceptors (Lipinski definition) is 2. The average molecular weight is 787 g/mol. The van der Waals surface area contributed by atoms with Gasteiger partial charge in [-0.05, 0) is 148 Å². The number of hydrogen-bond donors (Lipinski definition) is 0. The van der Waals surface area contributed by atoms with Crippen molar-refractivity contribution in [2.45, 2.75) is 0 Å². The highest BCUT2D eigenvalue weighted by molar-refractivity contribution is 6.28. The molecule has 0 fully saturated rings. The molecule has 288 valence electrons. The molecule has 0 radical (unpaired) electrons. The molecule has 0 unspecified atom stereocenters. The summed E-state index contributed by atoms with van der Waals surface area (Å²) in [7, 11) is 0. The summed E-state index contributed by atoms with van der Waals surface area (Å²) in [5, 5.41) is 5.08. The second kappa shape index (κ2) is 14.8. The lowest BCUT2D eigenvalue weighted by Gasteiger charge is -2.20. The van der Waals surface area contributed by atoms with Crippen LogP contribution in [0.25, 0.3) is 122 Å². The van der Waals surface area contributed by atoms with Gasteiger partial charge in [-0.2, -0.15) is 0 Å². The SMILES string of the molecule is c1ccc(-c2cc(-c3cccc(-c4cccc(-c5ccccn5)n4)c3)cc(-c3ccc4c5c(cccc35)-c3c-4c(-c4ccccc4)c4ccccc4c3-c3ccccc3)c2)cc1. The Balaban J connectivity index is 1.08. The van der Waals surface area contributed by atoms with Crippen molar-refractivity contribution in [2.75, 3.05) is 0 Å². The van der Waals surface area contributed by atoms with Gasteiger partial charge in [0.15, 0.2) is 0 Å². The third-order valence-electron chi connectivity index (χ3n) is 12.4. The summed E-state index contributed by atoms with van der Waals surface area (Å²) in [4.78, 5) is 9.62. The van der Waals surface area contributed by atoms with E-state index < -0.39 is 0 Å². The fraction of sp³-hybridized carbons (Fsp3) is 0. The van der Waals surface area contributed by atoms with Gasteiger partial charge in [-0.1, -0.05) is 176 Å². The van der Waals surface area contributed by atoms with Crippen molar-refractivity contribution >= 4 is 21.5 Å². The maximum absolute atomic E-state index is 5.06. The fourth-order valence-electron chi connectivity index (χ4n) is 9.72. The van der Waals surface area contributed by atoms with E-state index in [9.17, 15) is 0 Å². The van der Waals surface area contributed by atoms with E-state index in [1.54, 1.807) is 0 Å². The number of aromatic nitrogens is 2. The molecule has 9 aromatic carbocycles. The van der Waals surface area contributed by atoms with Gasteiger partial charge in [-0.15, -0.1) is 0 Å². The molecule has 0 atom stereocenters. The van der Waals surface area contributed by atoms with Crippen LogP contribution >= 0.6 is 0 Å². The molecule has 0 spiro atoms. The smallest absolute Gasteiger partial charge is 0.0893 e. The molecule has 0 bridgehead atoms. The van der Waals surface area contributed by atoms with Gasteiger partial charge in [0.05, 0.1) is 17.1 Å². The molecule has 1 aliphatic rings. The van der Waals surface area contributed by atoms with Crippen LogP contribution in [0.5, 0.6) is 0 Å². The van der Waals surface area contributed by atoms with Crippen molar-refractivity contribution in [2.24, 2.45) is 0 Å². The second-order valence-corrected chi connectivity index (χ2v) is 16.0. The number of rotatable bonds is 7. The molecule has 2 nitrogen and oxygen atoms in total.